The monoisotopic (exact) mass is 568 g/mol. The Hall–Kier alpha value is -0.400. The fourth-order valence-electron chi connectivity index (χ4n) is 3.12. The van der Waals surface area contributed by atoms with Gasteiger partial charge in [-0.15, -0.1) is 0 Å². The SMILES string of the molecule is CCOC(C)COC(C)COC(C)COC(C)COC(C)COC(C)COC(C)COC(C)COC(C)CO. The summed E-state index contributed by atoms with van der Waals surface area (Å²) in [4.78, 5) is 0. The Bertz CT molecular complexity index is 540. The van der Waals surface area contributed by atoms with Crippen LogP contribution in [0.15, 0.2) is 0 Å². The molecule has 9 atom stereocenters. The van der Waals surface area contributed by atoms with E-state index >= 15 is 0 Å². The van der Waals surface area contributed by atoms with E-state index in [1.165, 1.54) is 0 Å². The minimum Gasteiger partial charge on any atom is -0.394 e. The quantitative estimate of drug-likeness (QED) is 0.158. The Labute approximate surface area is 238 Å². The van der Waals surface area contributed by atoms with Crippen LogP contribution in [0.25, 0.3) is 0 Å². The molecule has 0 radical (unpaired) electrons. The highest BCUT2D eigenvalue weighted by Gasteiger charge is 2.15. The topological polar surface area (TPSA) is 103 Å². The second-order valence-electron chi connectivity index (χ2n) is 10.6. The first-order chi connectivity index (χ1) is 18.5. The van der Waals surface area contributed by atoms with Gasteiger partial charge in [-0.05, 0) is 69.2 Å². The van der Waals surface area contributed by atoms with Gasteiger partial charge in [-0.1, -0.05) is 0 Å². The molecule has 1 N–H and O–H groups in total. The van der Waals surface area contributed by atoms with Crippen LogP contribution >= 0.6 is 0 Å². The maximum absolute atomic E-state index is 9.00. The Morgan fingerprint density at radius 3 is 0.692 bits per heavy atom. The lowest BCUT2D eigenvalue weighted by Crippen LogP contribution is -2.30. The van der Waals surface area contributed by atoms with Gasteiger partial charge in [0.05, 0.1) is 114 Å². The number of aliphatic hydroxyl groups is 1. The van der Waals surface area contributed by atoms with E-state index in [1.807, 2.05) is 69.2 Å². The van der Waals surface area contributed by atoms with Gasteiger partial charge in [-0.25, -0.2) is 0 Å². The molecule has 0 aromatic heterocycles. The van der Waals surface area contributed by atoms with E-state index < -0.39 is 0 Å². The zero-order valence-corrected chi connectivity index (χ0v) is 26.4. The highest BCUT2D eigenvalue weighted by molar-refractivity contribution is 4.60. The third-order valence-corrected chi connectivity index (χ3v) is 5.63. The fourth-order valence-corrected chi connectivity index (χ4v) is 3.12. The van der Waals surface area contributed by atoms with Crippen molar-refractivity contribution >= 4 is 0 Å². The molecule has 10 heteroatoms. The molecule has 0 bridgehead atoms. The van der Waals surface area contributed by atoms with Crippen molar-refractivity contribution in [3.8, 4) is 0 Å². The first-order valence-electron chi connectivity index (χ1n) is 14.6. The molecular weight excluding hydrogens is 508 g/mol. The second kappa shape index (κ2) is 24.2. The summed E-state index contributed by atoms with van der Waals surface area (Å²) in [6.45, 7) is 24.2. The molecule has 0 heterocycles. The van der Waals surface area contributed by atoms with Crippen LogP contribution in [0.4, 0.5) is 0 Å². The Balaban J connectivity index is 3.86. The molecule has 0 amide bonds. The van der Waals surface area contributed by atoms with Gasteiger partial charge in [0.2, 0.25) is 0 Å². The van der Waals surface area contributed by atoms with E-state index in [9.17, 15) is 0 Å². The van der Waals surface area contributed by atoms with Crippen LogP contribution in [-0.4, -0.2) is 126 Å². The van der Waals surface area contributed by atoms with Gasteiger partial charge in [0.1, 0.15) is 0 Å². The van der Waals surface area contributed by atoms with Crippen molar-refractivity contribution in [2.24, 2.45) is 0 Å². The normalized spacial score (nSPS) is 19.2. The van der Waals surface area contributed by atoms with Crippen LogP contribution < -0.4 is 0 Å². The van der Waals surface area contributed by atoms with Crippen LogP contribution in [0.1, 0.15) is 69.2 Å². The van der Waals surface area contributed by atoms with Crippen molar-refractivity contribution in [2.75, 3.05) is 66.1 Å². The maximum Gasteiger partial charge on any atom is 0.0781 e. The van der Waals surface area contributed by atoms with E-state index in [-0.39, 0.29) is 61.5 Å². The van der Waals surface area contributed by atoms with Crippen molar-refractivity contribution < 1.29 is 47.7 Å². The molecule has 39 heavy (non-hydrogen) atoms. The van der Waals surface area contributed by atoms with E-state index in [0.717, 1.165) is 0 Å². The van der Waals surface area contributed by atoms with Crippen LogP contribution in [0.2, 0.25) is 0 Å². The lowest BCUT2D eigenvalue weighted by molar-refractivity contribution is -0.111. The van der Waals surface area contributed by atoms with Gasteiger partial charge in [-0.2, -0.15) is 0 Å². The van der Waals surface area contributed by atoms with Crippen LogP contribution in [0, 0.1) is 0 Å². The lowest BCUT2D eigenvalue weighted by Gasteiger charge is -2.23. The average molecular weight is 569 g/mol. The first kappa shape index (κ1) is 38.6. The zero-order valence-electron chi connectivity index (χ0n) is 26.4. The molecule has 0 rings (SSSR count). The summed E-state index contributed by atoms with van der Waals surface area (Å²) in [7, 11) is 0. The van der Waals surface area contributed by atoms with Crippen molar-refractivity contribution in [3.05, 3.63) is 0 Å². The molecular formula is C29H60O10. The summed E-state index contributed by atoms with van der Waals surface area (Å²) in [5.74, 6) is 0. The predicted octanol–water partition coefficient (Wildman–Crippen LogP) is 3.64. The average Bonchev–Trinajstić information content (AvgIpc) is 2.91. The molecule has 0 saturated carbocycles. The van der Waals surface area contributed by atoms with E-state index in [2.05, 4.69) is 0 Å². The van der Waals surface area contributed by atoms with Crippen LogP contribution in [-0.2, 0) is 42.6 Å². The number of rotatable bonds is 27. The molecule has 0 fully saturated rings. The number of hydrogen-bond donors (Lipinski definition) is 1. The van der Waals surface area contributed by atoms with E-state index in [0.29, 0.717) is 59.5 Å². The highest BCUT2D eigenvalue weighted by atomic mass is 16.6. The molecule has 9 unspecified atom stereocenters. The smallest absolute Gasteiger partial charge is 0.0781 e. The molecule has 0 aliphatic rings. The third kappa shape index (κ3) is 24.0. The summed E-state index contributed by atoms with van der Waals surface area (Å²) < 4.78 is 51.8. The van der Waals surface area contributed by atoms with Crippen LogP contribution in [0.5, 0.6) is 0 Å². The number of hydrogen-bond acceptors (Lipinski definition) is 10. The molecule has 0 aliphatic heterocycles. The third-order valence-electron chi connectivity index (χ3n) is 5.63. The summed E-state index contributed by atoms with van der Waals surface area (Å²) in [5, 5.41) is 9.00. The van der Waals surface area contributed by atoms with Crippen molar-refractivity contribution in [1.82, 2.24) is 0 Å². The Morgan fingerprint density at radius 1 is 0.333 bits per heavy atom. The van der Waals surface area contributed by atoms with Crippen molar-refractivity contribution in [3.63, 3.8) is 0 Å². The van der Waals surface area contributed by atoms with Gasteiger partial charge < -0.3 is 47.7 Å². The Kier molecular flexibility index (Phi) is 24.0. The summed E-state index contributed by atoms with van der Waals surface area (Å²) in [6.07, 6.45) is -0.457. The lowest BCUT2D eigenvalue weighted by atomic mass is 10.3. The second-order valence-corrected chi connectivity index (χ2v) is 10.6. The minimum atomic E-state index is -0.186. The molecule has 0 aromatic carbocycles. The van der Waals surface area contributed by atoms with Gasteiger partial charge >= 0.3 is 0 Å². The Morgan fingerprint density at radius 2 is 0.513 bits per heavy atom. The van der Waals surface area contributed by atoms with Crippen LogP contribution in [0.3, 0.4) is 0 Å². The first-order valence-corrected chi connectivity index (χ1v) is 14.6. The van der Waals surface area contributed by atoms with Gasteiger partial charge in [0.25, 0.3) is 0 Å². The fraction of sp³-hybridized carbons (Fsp3) is 1.00. The van der Waals surface area contributed by atoms with Gasteiger partial charge in [-0.3, -0.25) is 0 Å². The minimum absolute atomic E-state index is 0.00141. The predicted molar refractivity (Wildman–Crippen MR) is 151 cm³/mol. The maximum atomic E-state index is 9.00. The molecule has 10 nitrogen and oxygen atoms in total. The number of ether oxygens (including phenoxy) is 9. The van der Waals surface area contributed by atoms with Crippen molar-refractivity contribution in [1.29, 1.82) is 0 Å². The van der Waals surface area contributed by atoms with Gasteiger partial charge in [0, 0.05) is 6.61 Å². The molecule has 0 saturated heterocycles. The highest BCUT2D eigenvalue weighted by Crippen LogP contribution is 2.05. The van der Waals surface area contributed by atoms with E-state index in [4.69, 9.17) is 47.7 Å². The summed E-state index contributed by atoms with van der Waals surface area (Å²) in [5.41, 5.74) is 0. The molecule has 0 aromatic rings. The molecule has 236 valence electrons. The molecule has 0 spiro atoms. The standard InChI is InChI=1S/C29H60O10/c1-11-31-22(3)13-33-24(5)15-35-26(7)17-37-28(9)19-39-29(10)20-38-27(8)18-36-25(6)16-34-23(4)14-32-21(2)12-30/h21-30H,11-20H2,1-10H3. The zero-order chi connectivity index (χ0) is 29.6. The van der Waals surface area contributed by atoms with Crippen molar-refractivity contribution in [2.45, 2.75) is 124 Å². The van der Waals surface area contributed by atoms with Gasteiger partial charge in [0.15, 0.2) is 0 Å². The largest absolute Gasteiger partial charge is 0.394 e. The summed E-state index contributed by atoms with van der Waals surface area (Å²) >= 11 is 0. The number of aliphatic hydroxyl groups excluding tert-OH is 1. The molecule has 0 aliphatic carbocycles. The van der Waals surface area contributed by atoms with E-state index in [1.54, 1.807) is 0 Å². The summed E-state index contributed by atoms with van der Waals surface area (Å²) in [6, 6.07) is 0.